The second-order valence-corrected chi connectivity index (χ2v) is 7.12. The molecule has 0 amide bonds. The van der Waals surface area contributed by atoms with Crippen LogP contribution in [0.25, 0.3) is 0 Å². The van der Waals surface area contributed by atoms with E-state index in [0.717, 1.165) is 35.5 Å². The fraction of sp³-hybridized carbons (Fsp3) is 0.200. The molecule has 0 aliphatic heterocycles. The van der Waals surface area contributed by atoms with Gasteiger partial charge in [0.05, 0.1) is 16.9 Å². The number of rotatable bonds is 8. The van der Waals surface area contributed by atoms with Gasteiger partial charge in [-0.15, -0.1) is 0 Å². The summed E-state index contributed by atoms with van der Waals surface area (Å²) in [6.45, 7) is 4.97. The van der Waals surface area contributed by atoms with E-state index in [0.29, 0.717) is 11.3 Å². The van der Waals surface area contributed by atoms with Gasteiger partial charge in [-0.2, -0.15) is 0 Å². The van der Waals surface area contributed by atoms with Gasteiger partial charge in [0.1, 0.15) is 6.29 Å². The van der Waals surface area contributed by atoms with Crippen molar-refractivity contribution in [1.29, 1.82) is 0 Å². The van der Waals surface area contributed by atoms with E-state index in [-0.39, 0.29) is 11.6 Å². The monoisotopic (exact) mass is 434 g/mol. The SMILES string of the molecule is CCNc1ccc(C=O)cc1.CNc1ccc(C(C)Nc2ccc(C(=O)O)cc2N)cc1. The summed E-state index contributed by atoms with van der Waals surface area (Å²) in [7, 11) is 1.88. The molecule has 0 bridgehead atoms. The lowest BCUT2D eigenvalue weighted by molar-refractivity contribution is 0.0697. The van der Waals surface area contributed by atoms with Crippen LogP contribution in [0.15, 0.2) is 66.7 Å². The first-order chi connectivity index (χ1) is 15.4. The number of hydrogen-bond donors (Lipinski definition) is 5. The van der Waals surface area contributed by atoms with Crippen LogP contribution < -0.4 is 21.7 Å². The predicted molar refractivity (Wildman–Crippen MR) is 132 cm³/mol. The molecule has 0 aliphatic carbocycles. The number of carbonyl (C=O) groups is 2. The molecule has 0 saturated carbocycles. The molecule has 0 fully saturated rings. The summed E-state index contributed by atoms with van der Waals surface area (Å²) in [5.74, 6) is -0.982. The molecule has 3 aromatic rings. The zero-order chi connectivity index (χ0) is 23.5. The van der Waals surface area contributed by atoms with Gasteiger partial charge >= 0.3 is 5.97 Å². The number of aldehydes is 1. The molecule has 3 rings (SSSR count). The molecule has 3 aromatic carbocycles. The number of hydrogen-bond acceptors (Lipinski definition) is 6. The highest BCUT2D eigenvalue weighted by Crippen LogP contribution is 2.26. The van der Waals surface area contributed by atoms with E-state index >= 15 is 0 Å². The number of carboxylic acids is 1. The molecule has 7 heteroatoms. The Morgan fingerprint density at radius 1 is 1.03 bits per heavy atom. The number of benzene rings is 3. The molecular weight excluding hydrogens is 404 g/mol. The van der Waals surface area contributed by atoms with Gasteiger partial charge in [0.15, 0.2) is 0 Å². The number of nitrogen functional groups attached to an aromatic ring is 1. The van der Waals surface area contributed by atoms with E-state index in [9.17, 15) is 9.59 Å². The molecule has 0 heterocycles. The van der Waals surface area contributed by atoms with Crippen molar-refractivity contribution in [3.63, 3.8) is 0 Å². The Morgan fingerprint density at radius 3 is 2.16 bits per heavy atom. The highest BCUT2D eigenvalue weighted by molar-refractivity contribution is 5.90. The Labute approximate surface area is 188 Å². The van der Waals surface area contributed by atoms with Crippen LogP contribution in [-0.2, 0) is 0 Å². The van der Waals surface area contributed by atoms with E-state index in [2.05, 4.69) is 16.0 Å². The quantitative estimate of drug-likeness (QED) is 0.247. The number of carboxylic acid groups (broad SMARTS) is 1. The van der Waals surface area contributed by atoms with Crippen molar-refractivity contribution in [1.82, 2.24) is 0 Å². The van der Waals surface area contributed by atoms with Gasteiger partial charge < -0.3 is 26.8 Å². The van der Waals surface area contributed by atoms with Crippen molar-refractivity contribution in [3.8, 4) is 0 Å². The minimum atomic E-state index is -0.982. The van der Waals surface area contributed by atoms with Crippen molar-refractivity contribution in [3.05, 3.63) is 83.4 Å². The van der Waals surface area contributed by atoms with Gasteiger partial charge in [0, 0.05) is 36.6 Å². The van der Waals surface area contributed by atoms with Crippen LogP contribution in [0.4, 0.5) is 22.7 Å². The Kier molecular flexibility index (Phi) is 9.10. The summed E-state index contributed by atoms with van der Waals surface area (Å²) in [4.78, 5) is 21.1. The standard InChI is InChI=1S/C16H19N3O2.C9H11NO/c1-10(11-3-6-13(18-2)7-4-11)19-15-8-5-12(16(20)21)9-14(15)17;1-2-10-9-5-3-8(7-11)4-6-9/h3-10,18-19H,17H2,1-2H3,(H,20,21);3-7,10H,2H2,1H3. The van der Waals surface area contributed by atoms with Gasteiger partial charge in [-0.1, -0.05) is 12.1 Å². The fourth-order valence-electron chi connectivity index (χ4n) is 2.97. The van der Waals surface area contributed by atoms with Crippen molar-refractivity contribution >= 4 is 35.0 Å². The normalized spacial score (nSPS) is 10.8. The van der Waals surface area contributed by atoms with E-state index in [1.165, 1.54) is 12.1 Å². The molecule has 1 atom stereocenters. The molecule has 1 unspecified atom stereocenters. The van der Waals surface area contributed by atoms with Gasteiger partial charge in [-0.25, -0.2) is 4.79 Å². The van der Waals surface area contributed by atoms with Crippen molar-refractivity contribution < 1.29 is 14.7 Å². The number of anilines is 4. The Balaban J connectivity index is 0.000000278. The highest BCUT2D eigenvalue weighted by Gasteiger charge is 2.10. The van der Waals surface area contributed by atoms with Crippen LogP contribution in [0, 0.1) is 0 Å². The number of nitrogens with two attached hydrogens (primary N) is 1. The summed E-state index contributed by atoms with van der Waals surface area (Å²) in [5, 5.41) is 18.4. The molecule has 7 nitrogen and oxygen atoms in total. The van der Waals surface area contributed by atoms with Crippen molar-refractivity contribution in [2.45, 2.75) is 19.9 Å². The molecule has 0 radical (unpaired) electrons. The number of nitrogens with one attached hydrogen (secondary N) is 3. The summed E-state index contributed by atoms with van der Waals surface area (Å²) in [5.41, 5.74) is 11.2. The maximum atomic E-state index is 10.9. The molecule has 6 N–H and O–H groups in total. The van der Waals surface area contributed by atoms with Crippen LogP contribution in [0.3, 0.4) is 0 Å². The first-order valence-corrected chi connectivity index (χ1v) is 10.3. The van der Waals surface area contributed by atoms with E-state index in [1.54, 1.807) is 18.2 Å². The van der Waals surface area contributed by atoms with E-state index in [1.807, 2.05) is 57.3 Å². The Bertz CT molecular complexity index is 1020. The van der Waals surface area contributed by atoms with Crippen LogP contribution in [0.1, 0.15) is 46.2 Å². The molecule has 0 aromatic heterocycles. The van der Waals surface area contributed by atoms with E-state index in [4.69, 9.17) is 10.8 Å². The number of aromatic carboxylic acids is 1. The lowest BCUT2D eigenvalue weighted by Gasteiger charge is -2.18. The summed E-state index contributed by atoms with van der Waals surface area (Å²) in [6, 6.07) is 20.2. The molecular formula is C25H30N4O3. The van der Waals surface area contributed by atoms with Gasteiger partial charge in [0.25, 0.3) is 0 Å². The molecule has 0 aliphatic rings. The third-order valence-electron chi connectivity index (χ3n) is 4.80. The summed E-state index contributed by atoms with van der Waals surface area (Å²) >= 11 is 0. The third kappa shape index (κ3) is 7.05. The van der Waals surface area contributed by atoms with Crippen LogP contribution in [0.2, 0.25) is 0 Å². The fourth-order valence-corrected chi connectivity index (χ4v) is 2.97. The molecule has 0 spiro atoms. The molecule has 0 saturated heterocycles. The zero-order valence-electron chi connectivity index (χ0n) is 18.6. The third-order valence-corrected chi connectivity index (χ3v) is 4.80. The first kappa shape index (κ1) is 24.3. The smallest absolute Gasteiger partial charge is 0.335 e. The first-order valence-electron chi connectivity index (χ1n) is 10.3. The highest BCUT2D eigenvalue weighted by atomic mass is 16.4. The lowest BCUT2D eigenvalue weighted by atomic mass is 10.1. The molecule has 32 heavy (non-hydrogen) atoms. The van der Waals surface area contributed by atoms with Crippen molar-refractivity contribution in [2.24, 2.45) is 0 Å². The minimum Gasteiger partial charge on any atom is -0.478 e. The zero-order valence-corrected chi connectivity index (χ0v) is 18.6. The largest absolute Gasteiger partial charge is 0.478 e. The second kappa shape index (κ2) is 12.0. The predicted octanol–water partition coefficient (Wildman–Crippen LogP) is 5.11. The Hall–Kier alpha value is -4.00. The lowest BCUT2D eigenvalue weighted by Crippen LogP contribution is -2.09. The number of carbonyl (C=O) groups excluding carboxylic acids is 1. The summed E-state index contributed by atoms with van der Waals surface area (Å²) in [6.07, 6.45) is 0.843. The topological polar surface area (TPSA) is 116 Å². The van der Waals surface area contributed by atoms with Gasteiger partial charge in [-0.05, 0) is 74.0 Å². The molecule has 168 valence electrons. The van der Waals surface area contributed by atoms with Gasteiger partial charge in [0.2, 0.25) is 0 Å². The van der Waals surface area contributed by atoms with E-state index < -0.39 is 5.97 Å². The van der Waals surface area contributed by atoms with Crippen LogP contribution in [0.5, 0.6) is 0 Å². The van der Waals surface area contributed by atoms with Crippen molar-refractivity contribution in [2.75, 3.05) is 35.3 Å². The average Bonchev–Trinajstić information content (AvgIpc) is 2.81. The maximum Gasteiger partial charge on any atom is 0.335 e. The van der Waals surface area contributed by atoms with Gasteiger partial charge in [-0.3, -0.25) is 4.79 Å². The minimum absolute atomic E-state index is 0.0638. The maximum absolute atomic E-state index is 10.9. The van der Waals surface area contributed by atoms with Crippen LogP contribution in [-0.4, -0.2) is 31.0 Å². The summed E-state index contributed by atoms with van der Waals surface area (Å²) < 4.78 is 0. The average molecular weight is 435 g/mol. The van der Waals surface area contributed by atoms with Crippen LogP contribution >= 0.6 is 0 Å². The Morgan fingerprint density at radius 2 is 1.66 bits per heavy atom. The second-order valence-electron chi connectivity index (χ2n) is 7.12.